The van der Waals surface area contributed by atoms with Crippen molar-refractivity contribution in [2.24, 2.45) is 0 Å². The van der Waals surface area contributed by atoms with E-state index in [-0.39, 0.29) is 36.1 Å². The first-order valence-corrected chi connectivity index (χ1v) is 8.06. The number of hydrogen-bond acceptors (Lipinski definition) is 5. The number of aromatic nitrogens is 2. The molecule has 2 aliphatic rings. The average molecular weight is 326 g/mol. The Morgan fingerprint density at radius 1 is 1.42 bits per heavy atom. The number of hydrogen-bond donors (Lipinski definition) is 1. The highest BCUT2D eigenvalue weighted by Crippen LogP contribution is 2.39. The molecule has 124 valence electrons. The molecule has 24 heavy (non-hydrogen) atoms. The van der Waals surface area contributed by atoms with Crippen molar-refractivity contribution in [1.82, 2.24) is 20.4 Å². The fourth-order valence-corrected chi connectivity index (χ4v) is 3.21. The lowest BCUT2D eigenvalue weighted by atomic mass is 10.0. The van der Waals surface area contributed by atoms with Crippen LogP contribution in [0.5, 0.6) is 0 Å². The Labute approximate surface area is 139 Å². The first-order chi connectivity index (χ1) is 11.6. The second-order valence-electron chi connectivity index (χ2n) is 6.41. The quantitative estimate of drug-likeness (QED) is 0.923. The summed E-state index contributed by atoms with van der Waals surface area (Å²) in [7, 11) is 1.74. The van der Waals surface area contributed by atoms with E-state index in [1.165, 1.54) is 0 Å². The Bertz CT molecular complexity index is 769. The molecule has 1 saturated heterocycles. The molecular formula is C17H18N4O3. The van der Waals surface area contributed by atoms with Gasteiger partial charge in [0.1, 0.15) is 0 Å². The molecule has 0 bridgehead atoms. The average Bonchev–Trinajstić information content (AvgIpc) is 3.25. The van der Waals surface area contributed by atoms with E-state index >= 15 is 0 Å². The third kappa shape index (κ3) is 2.66. The van der Waals surface area contributed by atoms with Gasteiger partial charge in [-0.05, 0) is 24.5 Å². The maximum Gasteiger partial charge on any atom is 0.290 e. The first kappa shape index (κ1) is 14.9. The van der Waals surface area contributed by atoms with Gasteiger partial charge >= 0.3 is 0 Å². The van der Waals surface area contributed by atoms with Gasteiger partial charge in [0.15, 0.2) is 0 Å². The van der Waals surface area contributed by atoms with Gasteiger partial charge in [-0.15, -0.1) is 0 Å². The van der Waals surface area contributed by atoms with Crippen molar-refractivity contribution in [3.8, 4) is 0 Å². The van der Waals surface area contributed by atoms with Crippen LogP contribution < -0.4 is 5.32 Å². The number of nitrogens with one attached hydrogen (secondary N) is 1. The number of carbonyl (C=O) groups excluding carboxylic acids is 2. The zero-order valence-electron chi connectivity index (χ0n) is 13.3. The number of pyridine rings is 1. The topological polar surface area (TPSA) is 88.3 Å². The highest BCUT2D eigenvalue weighted by atomic mass is 16.5. The summed E-state index contributed by atoms with van der Waals surface area (Å²) < 4.78 is 5.16. The smallest absolute Gasteiger partial charge is 0.290 e. The lowest BCUT2D eigenvalue weighted by Crippen LogP contribution is -2.38. The summed E-state index contributed by atoms with van der Waals surface area (Å²) in [6.07, 6.45) is 5.85. The summed E-state index contributed by atoms with van der Waals surface area (Å²) in [4.78, 5) is 30.3. The number of carbonyl (C=O) groups is 2. The van der Waals surface area contributed by atoms with Crippen molar-refractivity contribution in [2.75, 3.05) is 7.05 Å². The first-order valence-electron chi connectivity index (χ1n) is 8.06. The van der Waals surface area contributed by atoms with Gasteiger partial charge < -0.3 is 14.7 Å². The molecule has 1 aliphatic heterocycles. The zero-order valence-corrected chi connectivity index (χ0v) is 13.3. The monoisotopic (exact) mass is 326 g/mol. The Morgan fingerprint density at radius 2 is 2.25 bits per heavy atom. The van der Waals surface area contributed by atoms with Crippen LogP contribution >= 0.6 is 0 Å². The van der Waals surface area contributed by atoms with E-state index in [0.29, 0.717) is 5.92 Å². The third-order valence-electron chi connectivity index (χ3n) is 4.68. The van der Waals surface area contributed by atoms with Gasteiger partial charge in [0.2, 0.25) is 11.7 Å². The molecule has 4 rings (SSSR count). The molecule has 2 fully saturated rings. The third-order valence-corrected chi connectivity index (χ3v) is 4.68. The molecule has 2 atom stereocenters. The molecule has 0 aromatic carbocycles. The highest BCUT2D eigenvalue weighted by molar-refractivity contribution is 5.92. The van der Waals surface area contributed by atoms with Crippen LogP contribution in [0.4, 0.5) is 0 Å². The van der Waals surface area contributed by atoms with E-state index in [2.05, 4.69) is 15.5 Å². The van der Waals surface area contributed by atoms with Crippen molar-refractivity contribution in [3.63, 3.8) is 0 Å². The Hall–Kier alpha value is -2.70. The minimum Gasteiger partial charge on any atom is -0.351 e. The van der Waals surface area contributed by atoms with Crippen LogP contribution in [0.1, 0.15) is 53.0 Å². The highest BCUT2D eigenvalue weighted by Gasteiger charge is 2.40. The molecule has 1 saturated carbocycles. The van der Waals surface area contributed by atoms with Crippen molar-refractivity contribution in [1.29, 1.82) is 0 Å². The van der Waals surface area contributed by atoms with Gasteiger partial charge in [0.05, 0.1) is 17.8 Å². The van der Waals surface area contributed by atoms with Gasteiger partial charge in [-0.25, -0.2) is 0 Å². The molecule has 1 aliphatic carbocycles. The summed E-state index contributed by atoms with van der Waals surface area (Å²) in [6, 6.07) is 4.87. The van der Waals surface area contributed by atoms with E-state index < -0.39 is 0 Å². The van der Waals surface area contributed by atoms with Crippen LogP contribution in [0.2, 0.25) is 0 Å². The Balaban J connectivity index is 1.53. The van der Waals surface area contributed by atoms with E-state index in [1.54, 1.807) is 30.4 Å². The molecule has 7 nitrogen and oxygen atoms in total. The Kier molecular flexibility index (Phi) is 3.55. The van der Waals surface area contributed by atoms with Crippen LogP contribution in [0, 0.1) is 0 Å². The maximum atomic E-state index is 12.5. The van der Waals surface area contributed by atoms with Crippen LogP contribution in [-0.2, 0) is 4.79 Å². The largest absolute Gasteiger partial charge is 0.351 e. The van der Waals surface area contributed by atoms with Crippen LogP contribution in [0.25, 0.3) is 0 Å². The summed E-state index contributed by atoms with van der Waals surface area (Å²) in [5.74, 6) is 0.281. The molecule has 0 spiro atoms. The van der Waals surface area contributed by atoms with Crippen molar-refractivity contribution in [3.05, 3.63) is 47.6 Å². The molecule has 0 radical (unpaired) electrons. The lowest BCUT2D eigenvalue weighted by molar-refractivity contribution is -0.127. The molecule has 0 unspecified atom stereocenters. The summed E-state index contributed by atoms with van der Waals surface area (Å²) in [6.45, 7) is 0. The number of rotatable bonds is 4. The number of nitrogens with zero attached hydrogens (tertiary/aromatic N) is 3. The predicted octanol–water partition coefficient (Wildman–Crippen LogP) is 1.65. The standard InChI is InChI=1S/C17H18N4O3/c1-21-15(22)8-13(16(21)11-3-2-6-18-9-11)19-17(23)14-7-12(20-24-14)10-4-5-10/h2-3,6-7,9-10,13,16H,4-5,8H2,1H3,(H,19,23)/t13-,16+/m1/s1. The molecule has 2 aromatic rings. The van der Waals surface area contributed by atoms with Gasteiger partial charge in [0, 0.05) is 37.8 Å². The normalized spacial score (nSPS) is 23.5. The lowest BCUT2D eigenvalue weighted by Gasteiger charge is -2.25. The van der Waals surface area contributed by atoms with Crippen LogP contribution in [0.15, 0.2) is 35.1 Å². The number of likely N-dealkylation sites (N-methyl/N-ethyl adjacent to an activating group) is 1. The molecule has 3 heterocycles. The Morgan fingerprint density at radius 3 is 2.96 bits per heavy atom. The molecule has 1 N–H and O–H groups in total. The van der Waals surface area contributed by atoms with E-state index in [0.717, 1.165) is 24.1 Å². The van der Waals surface area contributed by atoms with Gasteiger partial charge in [0.25, 0.3) is 5.91 Å². The molecule has 7 heteroatoms. The second-order valence-corrected chi connectivity index (χ2v) is 6.41. The minimum atomic E-state index is -0.337. The van der Waals surface area contributed by atoms with Crippen molar-refractivity contribution in [2.45, 2.75) is 37.3 Å². The second kappa shape index (κ2) is 5.74. The number of likely N-dealkylation sites (tertiary alicyclic amines) is 1. The summed E-state index contributed by atoms with van der Waals surface area (Å²) >= 11 is 0. The van der Waals surface area contributed by atoms with Crippen LogP contribution in [0.3, 0.4) is 0 Å². The molecule has 2 amide bonds. The van der Waals surface area contributed by atoms with Crippen molar-refractivity contribution >= 4 is 11.8 Å². The minimum absolute atomic E-state index is 0.00890. The van der Waals surface area contributed by atoms with E-state index in [1.807, 2.05) is 12.1 Å². The fraction of sp³-hybridized carbons (Fsp3) is 0.412. The SMILES string of the molecule is CN1C(=O)C[C@@H](NC(=O)c2cc(C3CC3)no2)[C@@H]1c1cccnc1. The summed E-state index contributed by atoms with van der Waals surface area (Å²) in [5, 5.41) is 6.87. The van der Waals surface area contributed by atoms with Crippen LogP contribution in [-0.4, -0.2) is 39.9 Å². The van der Waals surface area contributed by atoms with Gasteiger partial charge in [-0.1, -0.05) is 11.2 Å². The fourth-order valence-electron chi connectivity index (χ4n) is 3.21. The van der Waals surface area contributed by atoms with Gasteiger partial charge in [-0.3, -0.25) is 14.6 Å². The molecular weight excluding hydrogens is 308 g/mol. The predicted molar refractivity (Wildman–Crippen MR) is 84.1 cm³/mol. The van der Waals surface area contributed by atoms with E-state index in [9.17, 15) is 9.59 Å². The number of amides is 2. The maximum absolute atomic E-state index is 12.5. The molecule has 2 aromatic heterocycles. The van der Waals surface area contributed by atoms with Crippen molar-refractivity contribution < 1.29 is 14.1 Å². The zero-order chi connectivity index (χ0) is 16.7. The van der Waals surface area contributed by atoms with Gasteiger partial charge in [-0.2, -0.15) is 0 Å². The summed E-state index contributed by atoms with van der Waals surface area (Å²) in [5.41, 5.74) is 1.73. The van der Waals surface area contributed by atoms with E-state index in [4.69, 9.17) is 4.52 Å².